The predicted octanol–water partition coefficient (Wildman–Crippen LogP) is 4.23. The fourth-order valence-corrected chi connectivity index (χ4v) is 3.39. The lowest BCUT2D eigenvalue weighted by Gasteiger charge is -2.31. The third kappa shape index (κ3) is 7.37. The number of phenolic OH excluding ortho intramolecular Hbond substituents is 1. The molecule has 0 aromatic heterocycles. The number of anilines is 1. The molecule has 0 saturated heterocycles. The van der Waals surface area contributed by atoms with E-state index >= 15 is 0 Å². The maximum Gasteiger partial charge on any atom is 0.408 e. The van der Waals surface area contributed by atoms with Gasteiger partial charge < -0.3 is 25.4 Å². The van der Waals surface area contributed by atoms with Gasteiger partial charge in [-0.1, -0.05) is 36.4 Å². The highest BCUT2D eigenvalue weighted by atomic mass is 16.6. The van der Waals surface area contributed by atoms with Gasteiger partial charge in [0.1, 0.15) is 23.9 Å². The number of aryl methyl sites for hydroxylation is 2. The van der Waals surface area contributed by atoms with Crippen LogP contribution in [0.4, 0.5) is 10.5 Å². The molecule has 1 atom stereocenters. The molecule has 0 spiro atoms. The minimum atomic E-state index is -1.04. The number of alkyl carbamates (subject to hydrolysis) is 1. The van der Waals surface area contributed by atoms with Crippen LogP contribution in [0, 0.1) is 13.8 Å². The molecule has 8 heteroatoms. The van der Waals surface area contributed by atoms with Crippen LogP contribution in [0.1, 0.15) is 43.5 Å². The number of para-hydroxylation sites is 1. The number of rotatable bonds is 8. The maximum absolute atomic E-state index is 13.5. The Morgan fingerprint density at radius 1 is 1.09 bits per heavy atom. The summed E-state index contributed by atoms with van der Waals surface area (Å²) in [5, 5.41) is 15.1. The van der Waals surface area contributed by atoms with Crippen LogP contribution < -0.4 is 10.6 Å². The van der Waals surface area contributed by atoms with Crippen molar-refractivity contribution in [2.24, 2.45) is 0 Å². The Labute approximate surface area is 200 Å². The van der Waals surface area contributed by atoms with Crippen LogP contribution in [0.3, 0.4) is 0 Å². The number of hydrogen-bond acceptors (Lipinski definition) is 5. The van der Waals surface area contributed by atoms with E-state index in [-0.39, 0.29) is 18.8 Å². The Morgan fingerprint density at radius 2 is 1.68 bits per heavy atom. The minimum absolute atomic E-state index is 0.0332. The second-order valence-electron chi connectivity index (χ2n) is 8.94. The summed E-state index contributed by atoms with van der Waals surface area (Å²) < 4.78 is 5.19. The summed E-state index contributed by atoms with van der Waals surface area (Å²) in [6.45, 7) is 12.3. The van der Waals surface area contributed by atoms with E-state index in [9.17, 15) is 19.5 Å². The van der Waals surface area contributed by atoms with Gasteiger partial charge in [0.25, 0.3) is 5.91 Å². The van der Waals surface area contributed by atoms with E-state index in [1.165, 1.54) is 23.1 Å². The molecule has 2 aromatic carbocycles. The molecule has 0 radical (unpaired) electrons. The second-order valence-corrected chi connectivity index (χ2v) is 8.94. The summed E-state index contributed by atoms with van der Waals surface area (Å²) in [5.74, 6) is -0.901. The van der Waals surface area contributed by atoms with Gasteiger partial charge in [0, 0.05) is 12.2 Å². The molecule has 2 aromatic rings. The Balaban J connectivity index is 2.36. The first-order valence-corrected chi connectivity index (χ1v) is 11.0. The summed E-state index contributed by atoms with van der Waals surface area (Å²) in [4.78, 5) is 40.0. The van der Waals surface area contributed by atoms with Crippen LogP contribution in [0.25, 0.3) is 0 Å². The molecule has 0 fully saturated rings. The zero-order chi connectivity index (χ0) is 25.5. The van der Waals surface area contributed by atoms with Crippen molar-refractivity contribution in [3.05, 3.63) is 71.8 Å². The number of hydrogen-bond donors (Lipinski definition) is 3. The largest absolute Gasteiger partial charge is 0.508 e. The molecular weight excluding hydrogens is 434 g/mol. The number of ether oxygens (including phenoxy) is 1. The number of aromatic hydroxyl groups is 1. The lowest BCUT2D eigenvalue weighted by atomic mass is 10.0. The number of carbonyl (C=O) groups excluding carboxylic acids is 3. The molecule has 0 aliphatic heterocycles. The molecule has 2 rings (SSSR count). The van der Waals surface area contributed by atoms with Gasteiger partial charge in [-0.25, -0.2) is 4.79 Å². The summed E-state index contributed by atoms with van der Waals surface area (Å²) in [6.07, 6.45) is 0.769. The Morgan fingerprint density at radius 3 is 2.21 bits per heavy atom. The summed E-state index contributed by atoms with van der Waals surface area (Å²) >= 11 is 0. The third-order valence-corrected chi connectivity index (χ3v) is 4.93. The average Bonchev–Trinajstić information content (AvgIpc) is 2.74. The van der Waals surface area contributed by atoms with E-state index in [1.807, 2.05) is 32.0 Å². The molecular formula is C26H33N3O5. The number of nitrogens with one attached hydrogen (secondary N) is 2. The molecule has 0 aliphatic carbocycles. The molecule has 182 valence electrons. The van der Waals surface area contributed by atoms with Gasteiger partial charge in [0.15, 0.2) is 0 Å². The molecule has 3 N–H and O–H groups in total. The zero-order valence-corrected chi connectivity index (χ0v) is 20.3. The van der Waals surface area contributed by atoms with Gasteiger partial charge in [-0.3, -0.25) is 9.59 Å². The summed E-state index contributed by atoms with van der Waals surface area (Å²) in [7, 11) is 0. The SMILES string of the molecule is C=CCN(C(=O)CNC(=O)OC(C)(C)C)C(C(=O)Nc1c(C)cccc1C)c1ccc(O)cc1. The minimum Gasteiger partial charge on any atom is -0.508 e. The van der Waals surface area contributed by atoms with Gasteiger partial charge in [0.05, 0.1) is 0 Å². The van der Waals surface area contributed by atoms with Gasteiger partial charge in [-0.05, 0) is 63.4 Å². The monoisotopic (exact) mass is 467 g/mol. The number of benzene rings is 2. The number of nitrogens with zero attached hydrogens (tertiary/aromatic N) is 1. The topological polar surface area (TPSA) is 108 Å². The van der Waals surface area contributed by atoms with Crippen LogP contribution in [-0.4, -0.2) is 46.6 Å². The van der Waals surface area contributed by atoms with E-state index in [4.69, 9.17) is 4.74 Å². The van der Waals surface area contributed by atoms with Crippen molar-refractivity contribution < 1.29 is 24.2 Å². The van der Waals surface area contributed by atoms with E-state index < -0.39 is 29.6 Å². The summed E-state index contributed by atoms with van der Waals surface area (Å²) in [6, 6.07) is 10.7. The molecule has 0 saturated carbocycles. The lowest BCUT2D eigenvalue weighted by molar-refractivity contribution is -0.137. The van der Waals surface area contributed by atoms with Crippen molar-refractivity contribution in [3.63, 3.8) is 0 Å². The zero-order valence-electron chi connectivity index (χ0n) is 20.3. The van der Waals surface area contributed by atoms with Crippen molar-refractivity contribution in [3.8, 4) is 5.75 Å². The van der Waals surface area contributed by atoms with Crippen molar-refractivity contribution in [1.29, 1.82) is 0 Å². The molecule has 0 heterocycles. The highest BCUT2D eigenvalue weighted by Crippen LogP contribution is 2.27. The normalized spacial score (nSPS) is 11.8. The van der Waals surface area contributed by atoms with E-state index in [1.54, 1.807) is 32.9 Å². The highest BCUT2D eigenvalue weighted by molar-refractivity contribution is 5.99. The van der Waals surface area contributed by atoms with Gasteiger partial charge >= 0.3 is 6.09 Å². The quantitative estimate of drug-likeness (QED) is 0.504. The van der Waals surface area contributed by atoms with Gasteiger partial charge in [-0.2, -0.15) is 0 Å². The fourth-order valence-electron chi connectivity index (χ4n) is 3.39. The number of phenols is 1. The van der Waals surface area contributed by atoms with E-state index in [0.717, 1.165) is 11.1 Å². The first-order valence-electron chi connectivity index (χ1n) is 11.0. The van der Waals surface area contributed by atoms with E-state index in [0.29, 0.717) is 11.3 Å². The van der Waals surface area contributed by atoms with Crippen LogP contribution in [0.5, 0.6) is 5.75 Å². The Kier molecular flexibility index (Phi) is 8.83. The van der Waals surface area contributed by atoms with Crippen molar-refractivity contribution >= 4 is 23.6 Å². The van der Waals surface area contributed by atoms with Crippen LogP contribution in [-0.2, 0) is 14.3 Å². The van der Waals surface area contributed by atoms with Crippen molar-refractivity contribution in [2.75, 3.05) is 18.4 Å². The molecule has 0 bridgehead atoms. The lowest BCUT2D eigenvalue weighted by Crippen LogP contribution is -2.46. The summed E-state index contributed by atoms with van der Waals surface area (Å²) in [5.41, 5.74) is 2.20. The molecule has 1 unspecified atom stereocenters. The maximum atomic E-state index is 13.5. The predicted molar refractivity (Wildman–Crippen MR) is 132 cm³/mol. The molecule has 0 aliphatic rings. The highest BCUT2D eigenvalue weighted by Gasteiger charge is 2.31. The Bertz CT molecular complexity index is 1020. The van der Waals surface area contributed by atoms with Gasteiger partial charge in [0.2, 0.25) is 5.91 Å². The first-order chi connectivity index (χ1) is 15.9. The third-order valence-electron chi connectivity index (χ3n) is 4.93. The molecule has 8 nitrogen and oxygen atoms in total. The first kappa shape index (κ1) is 26.4. The van der Waals surface area contributed by atoms with Crippen LogP contribution in [0.15, 0.2) is 55.1 Å². The van der Waals surface area contributed by atoms with Crippen molar-refractivity contribution in [2.45, 2.75) is 46.3 Å². The average molecular weight is 468 g/mol. The fraction of sp³-hybridized carbons (Fsp3) is 0.346. The van der Waals surface area contributed by atoms with Crippen molar-refractivity contribution in [1.82, 2.24) is 10.2 Å². The number of amides is 3. The standard InChI is InChI=1S/C26H33N3O5/c1-7-15-29(21(31)16-27-25(33)34-26(4,5)6)23(19-11-13-20(30)14-12-19)24(32)28-22-17(2)9-8-10-18(22)3/h7-14,23,30H,1,15-16H2,2-6H3,(H,27,33)(H,28,32). The second kappa shape index (κ2) is 11.4. The van der Waals surface area contributed by atoms with Crippen LogP contribution >= 0.6 is 0 Å². The van der Waals surface area contributed by atoms with Crippen LogP contribution in [0.2, 0.25) is 0 Å². The number of carbonyl (C=O) groups is 3. The Hall–Kier alpha value is -3.81. The van der Waals surface area contributed by atoms with Gasteiger partial charge in [-0.15, -0.1) is 6.58 Å². The molecule has 3 amide bonds. The smallest absolute Gasteiger partial charge is 0.408 e. The van der Waals surface area contributed by atoms with E-state index in [2.05, 4.69) is 17.2 Å². The molecule has 34 heavy (non-hydrogen) atoms.